The monoisotopic (exact) mass is 514 g/mol. The van der Waals surface area contributed by atoms with Gasteiger partial charge in [0.1, 0.15) is 6.04 Å². The van der Waals surface area contributed by atoms with Gasteiger partial charge in [0.15, 0.2) is 17.5 Å². The van der Waals surface area contributed by atoms with Crippen LogP contribution in [0.15, 0.2) is 106 Å². The molecule has 0 radical (unpaired) electrons. The first-order valence-electron chi connectivity index (χ1n) is 12.8. The fourth-order valence-electron chi connectivity index (χ4n) is 5.22. The standard InChI is InChI=1S/C31H26N6S/c1-3-21-15-17-22(18-16-21)32-29-31-34-30-27(20(2)35-37(30)23-10-5-4-6-11-23)28(26-14-9-19-38-26)36(31)25-13-8-7-12-24(25)33-29/h4-19,28H,3H2,1-2H3,(H,32,33)/t28-/m0/s1. The smallest absolute Gasteiger partial charge is 0.179 e. The van der Waals surface area contributed by atoms with Gasteiger partial charge in [0.25, 0.3) is 0 Å². The molecule has 6 nitrogen and oxygen atoms in total. The summed E-state index contributed by atoms with van der Waals surface area (Å²) in [7, 11) is 0. The molecule has 0 aliphatic carbocycles. The average molecular weight is 515 g/mol. The van der Waals surface area contributed by atoms with Gasteiger partial charge in [-0.2, -0.15) is 5.10 Å². The molecule has 2 aromatic heterocycles. The number of anilines is 2. The Morgan fingerprint density at radius 2 is 1.66 bits per heavy atom. The minimum atomic E-state index is -0.0779. The number of fused-ring (bicyclic) bond motifs is 4. The summed E-state index contributed by atoms with van der Waals surface area (Å²) >= 11 is 1.75. The van der Waals surface area contributed by atoms with E-state index in [0.29, 0.717) is 0 Å². The van der Waals surface area contributed by atoms with Crippen LogP contribution in [0.5, 0.6) is 0 Å². The molecule has 0 unspecified atom stereocenters. The highest BCUT2D eigenvalue weighted by Crippen LogP contribution is 2.49. The van der Waals surface area contributed by atoms with Gasteiger partial charge in [0, 0.05) is 16.1 Å². The first-order valence-corrected chi connectivity index (χ1v) is 13.7. The number of amidine groups is 2. The fourth-order valence-corrected chi connectivity index (χ4v) is 6.05. The quantitative estimate of drug-likeness (QED) is 0.269. The summed E-state index contributed by atoms with van der Waals surface area (Å²) in [5.41, 5.74) is 7.30. The zero-order valence-electron chi connectivity index (χ0n) is 21.2. The fraction of sp³-hybridized carbons (Fsp3) is 0.129. The lowest BCUT2D eigenvalue weighted by Crippen LogP contribution is -2.46. The number of nitrogens with one attached hydrogen (secondary N) is 1. The van der Waals surface area contributed by atoms with Crippen LogP contribution < -0.4 is 10.2 Å². The second-order valence-electron chi connectivity index (χ2n) is 9.42. The van der Waals surface area contributed by atoms with Gasteiger partial charge in [-0.15, -0.1) is 11.3 Å². The summed E-state index contributed by atoms with van der Waals surface area (Å²) in [5, 5.41) is 10.7. The Kier molecular flexibility index (Phi) is 5.44. The van der Waals surface area contributed by atoms with Crippen molar-refractivity contribution in [3.05, 3.63) is 118 Å². The molecular weight excluding hydrogens is 488 g/mol. The maximum atomic E-state index is 5.29. The Bertz CT molecular complexity index is 1680. The van der Waals surface area contributed by atoms with E-state index in [1.54, 1.807) is 11.3 Å². The van der Waals surface area contributed by atoms with Crippen LogP contribution in [-0.2, 0) is 6.42 Å². The molecule has 0 saturated heterocycles. The van der Waals surface area contributed by atoms with E-state index in [2.05, 4.69) is 96.2 Å². The van der Waals surface area contributed by atoms with Gasteiger partial charge < -0.3 is 10.2 Å². The summed E-state index contributed by atoms with van der Waals surface area (Å²) in [4.78, 5) is 13.9. The molecule has 1 atom stereocenters. The lowest BCUT2D eigenvalue weighted by molar-refractivity contribution is 0.830. The summed E-state index contributed by atoms with van der Waals surface area (Å²) in [6.07, 6.45) is 1.00. The molecule has 5 aromatic rings. The predicted octanol–water partition coefficient (Wildman–Crippen LogP) is 7.60. The SMILES string of the molecule is CCc1ccc(NC2=Nc3ccccc3N3C2=Nc2c(c(C)nn2-c2ccccc2)[C@@H]3c2cccs2)cc1. The zero-order valence-corrected chi connectivity index (χ0v) is 22.0. The normalized spacial score (nSPS) is 15.7. The third kappa shape index (κ3) is 3.66. The molecule has 38 heavy (non-hydrogen) atoms. The lowest BCUT2D eigenvalue weighted by Gasteiger charge is -2.40. The van der Waals surface area contributed by atoms with Gasteiger partial charge in [0.2, 0.25) is 0 Å². The molecule has 0 amide bonds. The van der Waals surface area contributed by atoms with E-state index < -0.39 is 0 Å². The Balaban J connectivity index is 1.46. The van der Waals surface area contributed by atoms with Gasteiger partial charge in [0.05, 0.1) is 22.8 Å². The van der Waals surface area contributed by atoms with Crippen LogP contribution in [-0.4, -0.2) is 21.5 Å². The number of hydrogen-bond acceptors (Lipinski definition) is 6. The maximum Gasteiger partial charge on any atom is 0.179 e. The first kappa shape index (κ1) is 22.7. The van der Waals surface area contributed by atoms with Crippen LogP contribution in [0.25, 0.3) is 5.69 Å². The number of aromatic nitrogens is 2. The Morgan fingerprint density at radius 3 is 2.42 bits per heavy atom. The summed E-state index contributed by atoms with van der Waals surface area (Å²) in [6.45, 7) is 4.25. The van der Waals surface area contributed by atoms with Crippen LogP contribution in [0.4, 0.5) is 22.9 Å². The van der Waals surface area contributed by atoms with Crippen molar-refractivity contribution in [3.8, 4) is 5.69 Å². The molecule has 0 bridgehead atoms. The van der Waals surface area contributed by atoms with E-state index in [-0.39, 0.29) is 6.04 Å². The van der Waals surface area contributed by atoms with E-state index in [0.717, 1.165) is 57.9 Å². The molecule has 0 spiro atoms. The highest BCUT2D eigenvalue weighted by Gasteiger charge is 2.41. The number of nitrogens with zero attached hydrogens (tertiary/aromatic N) is 5. The highest BCUT2D eigenvalue weighted by molar-refractivity contribution is 7.10. The molecule has 186 valence electrons. The van der Waals surface area contributed by atoms with Gasteiger partial charge in [-0.3, -0.25) is 0 Å². The van der Waals surface area contributed by atoms with Crippen LogP contribution in [0.1, 0.15) is 34.7 Å². The van der Waals surface area contributed by atoms with E-state index in [9.17, 15) is 0 Å². The van der Waals surface area contributed by atoms with Crippen molar-refractivity contribution in [1.82, 2.24) is 9.78 Å². The molecule has 4 heterocycles. The van der Waals surface area contributed by atoms with Crippen LogP contribution in [0.3, 0.4) is 0 Å². The number of aliphatic imine (C=N–C) groups is 2. The number of aryl methyl sites for hydroxylation is 2. The molecule has 1 N–H and O–H groups in total. The zero-order chi connectivity index (χ0) is 25.6. The minimum Gasteiger partial charge on any atom is -0.337 e. The molecule has 3 aromatic carbocycles. The molecule has 2 aliphatic rings. The van der Waals surface area contributed by atoms with Crippen molar-refractivity contribution in [2.24, 2.45) is 9.98 Å². The Morgan fingerprint density at radius 1 is 0.868 bits per heavy atom. The number of hydrogen-bond donors (Lipinski definition) is 1. The molecule has 0 saturated carbocycles. The van der Waals surface area contributed by atoms with Crippen molar-refractivity contribution < 1.29 is 0 Å². The van der Waals surface area contributed by atoms with Crippen LogP contribution in [0, 0.1) is 6.92 Å². The second-order valence-corrected chi connectivity index (χ2v) is 10.4. The van der Waals surface area contributed by atoms with E-state index >= 15 is 0 Å². The maximum absolute atomic E-state index is 5.29. The lowest BCUT2D eigenvalue weighted by atomic mass is 9.98. The minimum absolute atomic E-state index is 0.0779. The third-order valence-corrected chi connectivity index (χ3v) is 8.00. The largest absolute Gasteiger partial charge is 0.337 e. The number of thiophene rings is 1. The molecule has 7 rings (SSSR count). The van der Waals surface area contributed by atoms with Crippen molar-refractivity contribution in [1.29, 1.82) is 0 Å². The average Bonchev–Trinajstić information content (AvgIpc) is 3.61. The van der Waals surface area contributed by atoms with Gasteiger partial charge in [-0.1, -0.05) is 55.5 Å². The number of para-hydroxylation sites is 3. The van der Waals surface area contributed by atoms with Crippen LogP contribution >= 0.6 is 11.3 Å². The summed E-state index contributed by atoms with van der Waals surface area (Å²) in [5.74, 6) is 2.35. The molecule has 2 aliphatic heterocycles. The van der Waals surface area contributed by atoms with Gasteiger partial charge in [-0.25, -0.2) is 14.7 Å². The molecular formula is C31H26N6S. The first-order chi connectivity index (χ1) is 18.7. The number of benzene rings is 3. The van der Waals surface area contributed by atoms with E-state index in [4.69, 9.17) is 15.1 Å². The summed E-state index contributed by atoms with van der Waals surface area (Å²) in [6, 6.07) is 31.3. The Labute approximate surface area is 225 Å². The number of rotatable bonds is 4. The van der Waals surface area contributed by atoms with Crippen molar-refractivity contribution >= 4 is 45.9 Å². The van der Waals surface area contributed by atoms with Crippen molar-refractivity contribution in [2.75, 3.05) is 10.2 Å². The van der Waals surface area contributed by atoms with E-state index in [1.165, 1.54) is 10.4 Å². The summed E-state index contributed by atoms with van der Waals surface area (Å²) < 4.78 is 1.96. The topological polar surface area (TPSA) is 57.8 Å². The Hall–Kier alpha value is -4.49. The molecule has 7 heteroatoms. The van der Waals surface area contributed by atoms with Gasteiger partial charge >= 0.3 is 0 Å². The van der Waals surface area contributed by atoms with Crippen molar-refractivity contribution in [3.63, 3.8) is 0 Å². The third-order valence-electron chi connectivity index (χ3n) is 7.08. The predicted molar refractivity (Wildman–Crippen MR) is 157 cm³/mol. The van der Waals surface area contributed by atoms with Crippen molar-refractivity contribution in [2.45, 2.75) is 26.3 Å². The van der Waals surface area contributed by atoms with E-state index in [1.807, 2.05) is 28.9 Å². The van der Waals surface area contributed by atoms with Gasteiger partial charge in [-0.05, 0) is 66.8 Å². The highest BCUT2D eigenvalue weighted by atomic mass is 32.1. The second kappa shape index (κ2) is 9.11. The molecule has 0 fully saturated rings. The van der Waals surface area contributed by atoms with Crippen LogP contribution in [0.2, 0.25) is 0 Å².